The van der Waals surface area contributed by atoms with Gasteiger partial charge in [-0.3, -0.25) is 4.79 Å². The molecular formula is C15H17NO3S. The van der Waals surface area contributed by atoms with Crippen molar-refractivity contribution >= 4 is 17.3 Å². The van der Waals surface area contributed by atoms with Crippen molar-refractivity contribution in [3.05, 3.63) is 51.7 Å². The van der Waals surface area contributed by atoms with Gasteiger partial charge in [-0.15, -0.1) is 11.3 Å². The minimum atomic E-state index is -0.222. The van der Waals surface area contributed by atoms with Gasteiger partial charge in [-0.2, -0.15) is 0 Å². The van der Waals surface area contributed by atoms with Gasteiger partial charge >= 0.3 is 5.97 Å². The number of phenols is 1. The number of carbonyl (C=O) groups is 1. The topological polar surface area (TPSA) is 58.6 Å². The van der Waals surface area contributed by atoms with Gasteiger partial charge in [0.1, 0.15) is 5.75 Å². The molecule has 0 saturated heterocycles. The summed E-state index contributed by atoms with van der Waals surface area (Å²) in [5, 5.41) is 12.9. The number of hydrogen-bond donors (Lipinski definition) is 2. The Kier molecular flexibility index (Phi) is 5.15. The largest absolute Gasteiger partial charge is 0.508 e. The van der Waals surface area contributed by atoms with Crippen LogP contribution >= 0.6 is 11.3 Å². The number of para-hydroxylation sites is 1. The lowest BCUT2D eigenvalue weighted by molar-refractivity contribution is -0.139. The van der Waals surface area contributed by atoms with E-state index in [1.54, 1.807) is 23.5 Å². The summed E-state index contributed by atoms with van der Waals surface area (Å²) in [5.74, 6) is 0.0816. The fourth-order valence-electron chi connectivity index (χ4n) is 1.81. The van der Waals surface area contributed by atoms with Gasteiger partial charge < -0.3 is 15.2 Å². The lowest BCUT2D eigenvalue weighted by atomic mass is 10.2. The SMILES string of the molecule is COC(=O)Cc1ccc(CNCc2ccccc2O)s1. The van der Waals surface area contributed by atoms with Gasteiger partial charge in [-0.25, -0.2) is 0 Å². The summed E-state index contributed by atoms with van der Waals surface area (Å²) >= 11 is 1.59. The maximum atomic E-state index is 11.2. The first kappa shape index (κ1) is 14.6. The third-order valence-corrected chi connectivity index (χ3v) is 3.96. The van der Waals surface area contributed by atoms with E-state index in [9.17, 15) is 9.90 Å². The Bertz CT molecular complexity index is 580. The zero-order valence-corrected chi connectivity index (χ0v) is 12.1. The zero-order valence-electron chi connectivity index (χ0n) is 11.3. The summed E-state index contributed by atoms with van der Waals surface area (Å²) in [4.78, 5) is 13.3. The molecule has 2 N–H and O–H groups in total. The van der Waals surface area contributed by atoms with Crippen LogP contribution in [0.25, 0.3) is 0 Å². The van der Waals surface area contributed by atoms with Gasteiger partial charge in [0.25, 0.3) is 0 Å². The maximum Gasteiger partial charge on any atom is 0.310 e. The van der Waals surface area contributed by atoms with Crippen molar-refractivity contribution in [1.82, 2.24) is 5.32 Å². The number of ether oxygens (including phenoxy) is 1. The number of rotatable bonds is 6. The highest BCUT2D eigenvalue weighted by Crippen LogP contribution is 2.18. The number of aromatic hydroxyl groups is 1. The van der Waals surface area contributed by atoms with Crippen LogP contribution in [0.5, 0.6) is 5.75 Å². The minimum absolute atomic E-state index is 0.222. The Labute approximate surface area is 122 Å². The Hall–Kier alpha value is -1.85. The minimum Gasteiger partial charge on any atom is -0.508 e. The van der Waals surface area contributed by atoms with Crippen LogP contribution in [-0.4, -0.2) is 18.2 Å². The van der Waals surface area contributed by atoms with Crippen LogP contribution in [0.15, 0.2) is 36.4 Å². The van der Waals surface area contributed by atoms with Gasteiger partial charge in [0.05, 0.1) is 13.5 Å². The normalized spacial score (nSPS) is 10.4. The highest BCUT2D eigenvalue weighted by molar-refractivity contribution is 7.12. The molecule has 0 radical (unpaired) electrons. The van der Waals surface area contributed by atoms with E-state index < -0.39 is 0 Å². The molecular weight excluding hydrogens is 274 g/mol. The summed E-state index contributed by atoms with van der Waals surface area (Å²) in [6.07, 6.45) is 0.320. The van der Waals surface area contributed by atoms with Crippen LogP contribution in [0.2, 0.25) is 0 Å². The second-order valence-electron chi connectivity index (χ2n) is 4.35. The summed E-state index contributed by atoms with van der Waals surface area (Å²) in [7, 11) is 1.39. The van der Waals surface area contributed by atoms with Crippen LogP contribution < -0.4 is 5.32 Å². The number of nitrogens with one attached hydrogen (secondary N) is 1. The molecule has 0 unspecified atom stereocenters. The predicted molar refractivity (Wildman–Crippen MR) is 78.7 cm³/mol. The first-order chi connectivity index (χ1) is 9.69. The van der Waals surface area contributed by atoms with Gasteiger partial charge in [0.15, 0.2) is 0 Å². The first-order valence-electron chi connectivity index (χ1n) is 6.31. The predicted octanol–water partition coefficient (Wildman–Crippen LogP) is 2.46. The second-order valence-corrected chi connectivity index (χ2v) is 5.61. The molecule has 0 bridgehead atoms. The molecule has 4 nitrogen and oxygen atoms in total. The molecule has 106 valence electrons. The van der Waals surface area contributed by atoms with Gasteiger partial charge in [0.2, 0.25) is 0 Å². The summed E-state index contributed by atoms with van der Waals surface area (Å²) in [6.45, 7) is 1.32. The highest BCUT2D eigenvalue weighted by Gasteiger charge is 2.06. The molecule has 0 fully saturated rings. The van der Waals surface area contributed by atoms with E-state index in [2.05, 4.69) is 10.1 Å². The fourth-order valence-corrected chi connectivity index (χ4v) is 2.78. The highest BCUT2D eigenvalue weighted by atomic mass is 32.1. The molecule has 0 atom stereocenters. The monoisotopic (exact) mass is 291 g/mol. The molecule has 0 amide bonds. The second kappa shape index (κ2) is 7.07. The molecule has 5 heteroatoms. The third kappa shape index (κ3) is 4.08. The Morgan fingerprint density at radius 3 is 2.70 bits per heavy atom. The standard InChI is InChI=1S/C15H17NO3S/c1-19-15(18)8-12-6-7-13(20-12)10-16-9-11-4-2-3-5-14(11)17/h2-7,16-17H,8-10H2,1H3. The number of benzene rings is 1. The maximum absolute atomic E-state index is 11.2. The molecule has 0 saturated carbocycles. The van der Waals surface area contributed by atoms with Crippen molar-refractivity contribution in [1.29, 1.82) is 0 Å². The summed E-state index contributed by atoms with van der Waals surface area (Å²) < 4.78 is 4.64. The van der Waals surface area contributed by atoms with Crippen LogP contribution in [0.3, 0.4) is 0 Å². The number of esters is 1. The van der Waals surface area contributed by atoms with Crippen molar-refractivity contribution in [2.75, 3.05) is 7.11 Å². The first-order valence-corrected chi connectivity index (χ1v) is 7.12. The Balaban J connectivity index is 1.83. The number of carbonyl (C=O) groups excluding carboxylic acids is 1. The lowest BCUT2D eigenvalue weighted by Crippen LogP contribution is -2.11. The number of phenolic OH excluding ortho intramolecular Hbond substituents is 1. The van der Waals surface area contributed by atoms with Crippen molar-refractivity contribution in [2.24, 2.45) is 0 Å². The van der Waals surface area contributed by atoms with E-state index in [0.29, 0.717) is 25.3 Å². The van der Waals surface area contributed by atoms with Gasteiger partial charge in [-0.05, 0) is 18.2 Å². The third-order valence-electron chi connectivity index (χ3n) is 2.87. The molecule has 1 heterocycles. The smallest absolute Gasteiger partial charge is 0.310 e. The van der Waals surface area contributed by atoms with E-state index in [1.165, 1.54) is 7.11 Å². The number of hydrogen-bond acceptors (Lipinski definition) is 5. The lowest BCUT2D eigenvalue weighted by Gasteiger charge is -2.05. The van der Waals surface area contributed by atoms with Crippen LogP contribution in [0, 0.1) is 0 Å². The van der Waals surface area contributed by atoms with E-state index >= 15 is 0 Å². The summed E-state index contributed by atoms with van der Waals surface area (Å²) in [5.41, 5.74) is 0.874. The van der Waals surface area contributed by atoms with E-state index in [4.69, 9.17) is 0 Å². The molecule has 2 aromatic rings. The van der Waals surface area contributed by atoms with Gasteiger partial charge in [-0.1, -0.05) is 18.2 Å². The quantitative estimate of drug-likeness (QED) is 0.803. The summed E-state index contributed by atoms with van der Waals surface area (Å²) in [6, 6.07) is 11.2. The van der Waals surface area contributed by atoms with Crippen molar-refractivity contribution < 1.29 is 14.6 Å². The van der Waals surface area contributed by atoms with Crippen LogP contribution in [0.4, 0.5) is 0 Å². The molecule has 0 aliphatic carbocycles. The molecule has 0 aliphatic heterocycles. The fraction of sp³-hybridized carbons (Fsp3) is 0.267. The average Bonchev–Trinajstić information content (AvgIpc) is 2.88. The van der Waals surface area contributed by atoms with E-state index in [0.717, 1.165) is 15.3 Å². The molecule has 2 rings (SSSR count). The molecule has 0 spiro atoms. The zero-order chi connectivity index (χ0) is 14.4. The van der Waals surface area contributed by atoms with Crippen LogP contribution in [0.1, 0.15) is 15.3 Å². The Morgan fingerprint density at radius 1 is 1.20 bits per heavy atom. The molecule has 0 aliphatic rings. The number of thiophene rings is 1. The van der Waals surface area contributed by atoms with Crippen LogP contribution in [-0.2, 0) is 29.0 Å². The van der Waals surface area contributed by atoms with E-state index in [1.807, 2.05) is 24.3 Å². The van der Waals surface area contributed by atoms with Gasteiger partial charge in [0, 0.05) is 28.4 Å². The van der Waals surface area contributed by atoms with Crippen molar-refractivity contribution in [3.8, 4) is 5.75 Å². The molecule has 1 aromatic heterocycles. The molecule has 1 aromatic carbocycles. The molecule has 20 heavy (non-hydrogen) atoms. The average molecular weight is 291 g/mol. The van der Waals surface area contributed by atoms with Crippen molar-refractivity contribution in [2.45, 2.75) is 19.5 Å². The Morgan fingerprint density at radius 2 is 1.95 bits per heavy atom. The van der Waals surface area contributed by atoms with Crippen molar-refractivity contribution in [3.63, 3.8) is 0 Å². The van der Waals surface area contributed by atoms with E-state index in [-0.39, 0.29) is 5.97 Å². The number of methoxy groups -OCH3 is 1.